The average molecular weight is 399 g/mol. The molecule has 29 heavy (non-hydrogen) atoms. The van der Waals surface area contributed by atoms with Crippen molar-refractivity contribution in [3.63, 3.8) is 0 Å². The van der Waals surface area contributed by atoms with Gasteiger partial charge in [-0.3, -0.25) is 9.69 Å². The Morgan fingerprint density at radius 3 is 2.52 bits per heavy atom. The van der Waals surface area contributed by atoms with Crippen LogP contribution in [0.25, 0.3) is 11.4 Å². The number of nitrogens with one attached hydrogen (secondary N) is 1. The van der Waals surface area contributed by atoms with E-state index >= 15 is 0 Å². The molecule has 0 aliphatic carbocycles. The van der Waals surface area contributed by atoms with Crippen LogP contribution < -0.4 is 5.32 Å². The third-order valence-corrected chi connectivity index (χ3v) is 5.81. The van der Waals surface area contributed by atoms with Crippen molar-refractivity contribution < 1.29 is 9.32 Å². The second-order valence-corrected chi connectivity index (χ2v) is 8.95. The Balaban J connectivity index is 1.51. The zero-order valence-corrected chi connectivity index (χ0v) is 18.3. The van der Waals surface area contributed by atoms with Gasteiger partial charge >= 0.3 is 0 Å². The number of carbonyl (C=O) groups excluding carboxylic acids is 1. The number of rotatable bonds is 7. The van der Waals surface area contributed by atoms with Crippen molar-refractivity contribution in [2.24, 2.45) is 17.8 Å². The van der Waals surface area contributed by atoms with Crippen molar-refractivity contribution >= 4 is 5.91 Å². The average Bonchev–Trinajstić information content (AvgIpc) is 3.14. The highest BCUT2D eigenvalue weighted by Crippen LogP contribution is 2.22. The minimum atomic E-state index is 0.0943. The first kappa shape index (κ1) is 21.5. The zero-order chi connectivity index (χ0) is 21.0. The van der Waals surface area contributed by atoms with E-state index in [1.165, 1.54) is 5.56 Å². The Labute approximate surface area is 174 Å². The van der Waals surface area contributed by atoms with Gasteiger partial charge in [0, 0.05) is 17.5 Å². The molecule has 0 bridgehead atoms. The number of nitrogens with zero attached hydrogens (tertiary/aromatic N) is 3. The Bertz CT molecular complexity index is 799. The van der Waals surface area contributed by atoms with Crippen LogP contribution in [0.4, 0.5) is 0 Å². The predicted molar refractivity (Wildman–Crippen MR) is 114 cm³/mol. The highest BCUT2D eigenvalue weighted by Gasteiger charge is 2.28. The number of hydrogen-bond acceptors (Lipinski definition) is 5. The Hall–Kier alpha value is -2.21. The largest absolute Gasteiger partial charge is 0.353 e. The number of amides is 1. The van der Waals surface area contributed by atoms with Gasteiger partial charge in [-0.2, -0.15) is 4.98 Å². The van der Waals surface area contributed by atoms with Crippen molar-refractivity contribution in [2.75, 3.05) is 13.1 Å². The molecule has 0 atom stereocenters. The van der Waals surface area contributed by atoms with Gasteiger partial charge in [0.15, 0.2) is 0 Å². The Morgan fingerprint density at radius 1 is 1.21 bits per heavy atom. The van der Waals surface area contributed by atoms with Gasteiger partial charge in [-0.1, -0.05) is 56.6 Å². The molecule has 0 spiro atoms. The number of likely N-dealkylation sites (tertiary alicyclic amines) is 1. The van der Waals surface area contributed by atoms with Crippen LogP contribution in [0.15, 0.2) is 28.8 Å². The smallest absolute Gasteiger partial charge is 0.241 e. The topological polar surface area (TPSA) is 71.3 Å². The number of carbonyl (C=O) groups is 1. The summed E-state index contributed by atoms with van der Waals surface area (Å²) in [5.74, 6) is 2.45. The SMILES string of the molecule is Cc1cccc(-c2noc(CN3CCC(C(=O)NC(C(C)C)C(C)C)CC3)n2)c1. The molecular weight excluding hydrogens is 364 g/mol. The highest BCUT2D eigenvalue weighted by molar-refractivity contribution is 5.79. The van der Waals surface area contributed by atoms with Crippen LogP contribution in [0.5, 0.6) is 0 Å². The minimum Gasteiger partial charge on any atom is -0.353 e. The van der Waals surface area contributed by atoms with Crippen LogP contribution in [-0.4, -0.2) is 40.1 Å². The fourth-order valence-corrected chi connectivity index (χ4v) is 4.15. The van der Waals surface area contributed by atoms with E-state index in [9.17, 15) is 4.79 Å². The first-order valence-corrected chi connectivity index (χ1v) is 10.8. The number of hydrogen-bond donors (Lipinski definition) is 1. The number of aromatic nitrogens is 2. The number of benzene rings is 1. The molecule has 1 aromatic heterocycles. The van der Waals surface area contributed by atoms with E-state index in [-0.39, 0.29) is 17.9 Å². The zero-order valence-electron chi connectivity index (χ0n) is 18.3. The molecule has 2 heterocycles. The molecule has 1 fully saturated rings. The first-order chi connectivity index (χ1) is 13.8. The molecule has 2 aromatic rings. The first-order valence-electron chi connectivity index (χ1n) is 10.8. The molecule has 6 heteroatoms. The van der Waals surface area contributed by atoms with Gasteiger partial charge in [0.05, 0.1) is 6.54 Å². The van der Waals surface area contributed by atoms with Crippen LogP contribution in [-0.2, 0) is 11.3 Å². The van der Waals surface area contributed by atoms with Gasteiger partial charge in [-0.05, 0) is 50.8 Å². The molecule has 1 aromatic carbocycles. The van der Waals surface area contributed by atoms with E-state index in [1.807, 2.05) is 12.1 Å². The standard InChI is InChI=1S/C23H34N4O2/c1-15(2)21(16(3)4)25-23(28)18-9-11-27(12-10-18)14-20-24-22(26-29-20)19-8-6-7-17(5)13-19/h6-8,13,15-16,18,21H,9-12,14H2,1-5H3,(H,25,28). The van der Waals surface area contributed by atoms with Crippen LogP contribution in [0.3, 0.4) is 0 Å². The molecule has 1 aliphatic rings. The fraction of sp³-hybridized carbons (Fsp3) is 0.609. The highest BCUT2D eigenvalue weighted by atomic mass is 16.5. The molecule has 3 rings (SSSR count). The maximum absolute atomic E-state index is 12.7. The van der Waals surface area contributed by atoms with Crippen LogP contribution >= 0.6 is 0 Å². The predicted octanol–water partition coefficient (Wildman–Crippen LogP) is 4.05. The molecule has 158 valence electrons. The summed E-state index contributed by atoms with van der Waals surface area (Å²) in [4.78, 5) is 19.5. The summed E-state index contributed by atoms with van der Waals surface area (Å²) >= 11 is 0. The normalized spacial score (nSPS) is 16.1. The third kappa shape index (κ3) is 5.66. The molecule has 6 nitrogen and oxygen atoms in total. The van der Waals surface area contributed by atoms with E-state index in [1.54, 1.807) is 0 Å². The Kier molecular flexibility index (Phi) is 7.06. The van der Waals surface area contributed by atoms with Gasteiger partial charge in [-0.15, -0.1) is 0 Å². The van der Waals surface area contributed by atoms with Crippen molar-refractivity contribution in [1.82, 2.24) is 20.4 Å². The van der Waals surface area contributed by atoms with Crippen molar-refractivity contribution in [1.29, 1.82) is 0 Å². The summed E-state index contributed by atoms with van der Waals surface area (Å²) in [6.45, 7) is 13.1. The molecule has 1 aliphatic heterocycles. The van der Waals surface area contributed by atoms with E-state index in [0.717, 1.165) is 31.5 Å². The number of piperidine rings is 1. The van der Waals surface area contributed by atoms with Crippen molar-refractivity contribution in [2.45, 2.75) is 60.0 Å². The number of aryl methyl sites for hydroxylation is 1. The van der Waals surface area contributed by atoms with Gasteiger partial charge in [0.25, 0.3) is 0 Å². The maximum atomic E-state index is 12.7. The van der Waals surface area contributed by atoms with Gasteiger partial charge in [-0.25, -0.2) is 0 Å². The lowest BCUT2D eigenvalue weighted by Gasteiger charge is -2.33. The van der Waals surface area contributed by atoms with Gasteiger partial charge < -0.3 is 9.84 Å². The third-order valence-electron chi connectivity index (χ3n) is 5.81. The van der Waals surface area contributed by atoms with Gasteiger partial charge in [0.2, 0.25) is 17.6 Å². The van der Waals surface area contributed by atoms with E-state index < -0.39 is 0 Å². The molecule has 0 saturated carbocycles. The van der Waals surface area contributed by atoms with E-state index in [4.69, 9.17) is 4.52 Å². The summed E-state index contributed by atoms with van der Waals surface area (Å²) in [6.07, 6.45) is 1.74. The summed E-state index contributed by atoms with van der Waals surface area (Å²) in [5.41, 5.74) is 2.15. The molecular formula is C23H34N4O2. The summed E-state index contributed by atoms with van der Waals surface area (Å²) in [6, 6.07) is 8.33. The van der Waals surface area contributed by atoms with Crippen molar-refractivity contribution in [3.8, 4) is 11.4 Å². The lowest BCUT2D eigenvalue weighted by atomic mass is 9.90. The Morgan fingerprint density at radius 2 is 1.90 bits per heavy atom. The molecule has 1 saturated heterocycles. The summed E-state index contributed by atoms with van der Waals surface area (Å²) < 4.78 is 5.46. The molecule has 0 unspecified atom stereocenters. The van der Waals surface area contributed by atoms with Crippen LogP contribution in [0.2, 0.25) is 0 Å². The second-order valence-electron chi connectivity index (χ2n) is 8.95. The second kappa shape index (κ2) is 9.53. The van der Waals surface area contributed by atoms with Crippen molar-refractivity contribution in [3.05, 3.63) is 35.7 Å². The molecule has 1 N–H and O–H groups in total. The lowest BCUT2D eigenvalue weighted by Crippen LogP contribution is -2.47. The van der Waals surface area contributed by atoms with Gasteiger partial charge in [0.1, 0.15) is 0 Å². The summed E-state index contributed by atoms with van der Waals surface area (Å²) in [7, 11) is 0. The van der Waals surface area contributed by atoms with Crippen LogP contribution in [0, 0.1) is 24.7 Å². The monoisotopic (exact) mass is 398 g/mol. The fourth-order valence-electron chi connectivity index (χ4n) is 4.15. The minimum absolute atomic E-state index is 0.0943. The summed E-state index contributed by atoms with van der Waals surface area (Å²) in [5, 5.41) is 7.40. The quantitative estimate of drug-likeness (QED) is 0.762. The molecule has 1 amide bonds. The van der Waals surface area contributed by atoms with E-state index in [2.05, 4.69) is 67.1 Å². The lowest BCUT2D eigenvalue weighted by molar-refractivity contribution is -0.127. The van der Waals surface area contributed by atoms with E-state index in [0.29, 0.717) is 30.1 Å². The molecule has 0 radical (unpaired) electrons. The maximum Gasteiger partial charge on any atom is 0.241 e. The van der Waals surface area contributed by atoms with Crippen LogP contribution in [0.1, 0.15) is 52.0 Å².